The van der Waals surface area contributed by atoms with Gasteiger partial charge in [-0.15, -0.1) is 11.3 Å². The second kappa shape index (κ2) is 10.6. The van der Waals surface area contributed by atoms with Gasteiger partial charge in [-0.05, 0) is 43.2 Å². The van der Waals surface area contributed by atoms with Crippen LogP contribution in [0.4, 0.5) is 5.69 Å². The van der Waals surface area contributed by atoms with E-state index in [0.29, 0.717) is 23.7 Å². The van der Waals surface area contributed by atoms with Crippen molar-refractivity contribution < 1.29 is 14.3 Å². The van der Waals surface area contributed by atoms with Gasteiger partial charge < -0.3 is 19.7 Å². The Bertz CT molecular complexity index is 959. The first-order valence-corrected chi connectivity index (χ1v) is 10.7. The van der Waals surface area contributed by atoms with E-state index in [1.165, 1.54) is 17.0 Å². The highest BCUT2D eigenvalue weighted by molar-refractivity contribution is 7.13. The number of benzene rings is 2. The zero-order valence-corrected chi connectivity index (χ0v) is 18.4. The standard InChI is InChI=1S/C23H27N3O3S/c1-26(18-9-5-4-6-10-18)14-8-7-13-24-22(27)19-16-30-23(25-19)17-11-12-20(28-2)21(15-17)29-3/h4-6,9-12,15-16H,7-8,13-14H2,1-3H3,(H,24,27). The van der Waals surface area contributed by atoms with Crippen molar-refractivity contribution in [3.05, 3.63) is 59.6 Å². The van der Waals surface area contributed by atoms with Crippen LogP contribution in [-0.2, 0) is 0 Å². The van der Waals surface area contributed by atoms with Crippen LogP contribution in [0.2, 0.25) is 0 Å². The molecule has 3 rings (SSSR count). The van der Waals surface area contributed by atoms with E-state index < -0.39 is 0 Å². The Labute approximate surface area is 181 Å². The maximum atomic E-state index is 12.4. The van der Waals surface area contributed by atoms with Crippen molar-refractivity contribution in [1.82, 2.24) is 10.3 Å². The summed E-state index contributed by atoms with van der Waals surface area (Å²) in [5.41, 5.74) is 2.53. The van der Waals surface area contributed by atoms with Crippen LogP contribution >= 0.6 is 11.3 Å². The number of nitrogens with one attached hydrogen (secondary N) is 1. The second-order valence-corrected chi connectivity index (χ2v) is 7.69. The quantitative estimate of drug-likeness (QED) is 0.486. The van der Waals surface area contributed by atoms with E-state index in [1.807, 2.05) is 36.4 Å². The Morgan fingerprint density at radius 2 is 1.83 bits per heavy atom. The minimum atomic E-state index is -0.144. The molecule has 0 saturated carbocycles. The lowest BCUT2D eigenvalue weighted by Gasteiger charge is -2.19. The number of anilines is 1. The number of para-hydroxylation sites is 1. The molecular weight excluding hydrogens is 398 g/mol. The maximum Gasteiger partial charge on any atom is 0.270 e. The summed E-state index contributed by atoms with van der Waals surface area (Å²) in [7, 11) is 5.28. The minimum absolute atomic E-state index is 0.144. The lowest BCUT2D eigenvalue weighted by atomic mass is 10.2. The van der Waals surface area contributed by atoms with Gasteiger partial charge in [0.05, 0.1) is 14.2 Å². The van der Waals surface area contributed by atoms with Gasteiger partial charge in [-0.25, -0.2) is 4.98 Å². The van der Waals surface area contributed by atoms with Crippen LogP contribution in [-0.4, -0.2) is 45.2 Å². The number of carbonyl (C=O) groups is 1. The predicted octanol–water partition coefficient (Wildman–Crippen LogP) is 4.47. The summed E-state index contributed by atoms with van der Waals surface area (Å²) in [6.07, 6.45) is 1.91. The molecule has 0 saturated heterocycles. The molecule has 30 heavy (non-hydrogen) atoms. The molecule has 0 fully saturated rings. The Morgan fingerprint density at radius 1 is 1.07 bits per heavy atom. The monoisotopic (exact) mass is 425 g/mol. The van der Waals surface area contributed by atoms with Crippen molar-refractivity contribution in [3.8, 4) is 22.1 Å². The molecule has 1 aromatic heterocycles. The molecule has 6 nitrogen and oxygen atoms in total. The zero-order valence-electron chi connectivity index (χ0n) is 17.6. The molecule has 0 spiro atoms. The number of unbranched alkanes of at least 4 members (excludes halogenated alkanes) is 1. The Morgan fingerprint density at radius 3 is 2.57 bits per heavy atom. The van der Waals surface area contributed by atoms with Gasteiger partial charge in [0.25, 0.3) is 5.91 Å². The van der Waals surface area contributed by atoms with Gasteiger partial charge in [-0.2, -0.15) is 0 Å². The highest BCUT2D eigenvalue weighted by Crippen LogP contribution is 2.33. The van der Waals surface area contributed by atoms with E-state index in [-0.39, 0.29) is 5.91 Å². The van der Waals surface area contributed by atoms with Gasteiger partial charge in [0.15, 0.2) is 11.5 Å². The van der Waals surface area contributed by atoms with Crippen molar-refractivity contribution in [1.29, 1.82) is 0 Å². The van der Waals surface area contributed by atoms with Gasteiger partial charge in [-0.3, -0.25) is 4.79 Å². The topological polar surface area (TPSA) is 63.7 Å². The number of carbonyl (C=O) groups excluding carboxylic acids is 1. The largest absolute Gasteiger partial charge is 0.493 e. The van der Waals surface area contributed by atoms with E-state index in [9.17, 15) is 4.79 Å². The highest BCUT2D eigenvalue weighted by Gasteiger charge is 2.13. The van der Waals surface area contributed by atoms with Crippen LogP contribution in [0.3, 0.4) is 0 Å². The molecule has 7 heteroatoms. The van der Waals surface area contributed by atoms with E-state index >= 15 is 0 Å². The fourth-order valence-electron chi connectivity index (χ4n) is 3.06. The van der Waals surface area contributed by atoms with E-state index in [4.69, 9.17) is 9.47 Å². The first kappa shape index (κ1) is 21.6. The molecule has 0 aliphatic carbocycles. The fourth-order valence-corrected chi connectivity index (χ4v) is 3.86. The lowest BCUT2D eigenvalue weighted by Crippen LogP contribution is -2.26. The first-order valence-electron chi connectivity index (χ1n) is 9.84. The summed E-state index contributed by atoms with van der Waals surface area (Å²) in [5, 5.41) is 5.51. The van der Waals surface area contributed by atoms with Gasteiger partial charge >= 0.3 is 0 Å². The van der Waals surface area contributed by atoms with Crippen LogP contribution in [0.1, 0.15) is 23.3 Å². The summed E-state index contributed by atoms with van der Waals surface area (Å²) in [6, 6.07) is 15.9. The van der Waals surface area contributed by atoms with E-state index in [1.54, 1.807) is 19.6 Å². The molecule has 0 aliphatic rings. The van der Waals surface area contributed by atoms with Crippen LogP contribution in [0.15, 0.2) is 53.9 Å². The molecule has 1 amide bonds. The zero-order chi connectivity index (χ0) is 21.3. The van der Waals surface area contributed by atoms with Gasteiger partial charge in [0.1, 0.15) is 10.7 Å². The number of thiazole rings is 1. The molecule has 3 aromatic rings. The molecule has 1 heterocycles. The average molecular weight is 426 g/mol. The molecule has 0 atom stereocenters. The summed E-state index contributed by atoms with van der Waals surface area (Å²) in [4.78, 5) is 19.1. The van der Waals surface area contributed by atoms with Gasteiger partial charge in [0, 0.05) is 36.8 Å². The third kappa shape index (κ3) is 5.51. The van der Waals surface area contributed by atoms with Crippen molar-refractivity contribution in [2.24, 2.45) is 0 Å². The van der Waals surface area contributed by atoms with Crippen LogP contribution in [0.5, 0.6) is 11.5 Å². The fraction of sp³-hybridized carbons (Fsp3) is 0.304. The Kier molecular flexibility index (Phi) is 7.68. The third-order valence-electron chi connectivity index (χ3n) is 4.77. The molecular formula is C23H27N3O3S. The van der Waals surface area contributed by atoms with Crippen LogP contribution in [0.25, 0.3) is 10.6 Å². The molecule has 0 unspecified atom stereocenters. The average Bonchev–Trinajstić information content (AvgIpc) is 3.29. The molecule has 0 radical (unpaired) electrons. The van der Waals surface area contributed by atoms with Gasteiger partial charge in [-0.1, -0.05) is 18.2 Å². The first-order chi connectivity index (χ1) is 14.6. The highest BCUT2D eigenvalue weighted by atomic mass is 32.1. The summed E-state index contributed by atoms with van der Waals surface area (Å²) >= 11 is 1.43. The number of methoxy groups -OCH3 is 2. The van der Waals surface area contributed by atoms with Gasteiger partial charge in [0.2, 0.25) is 0 Å². The Balaban J connectivity index is 1.47. The SMILES string of the molecule is COc1ccc(-c2nc(C(=O)NCCCCN(C)c3ccccc3)cs2)cc1OC. The third-order valence-corrected chi connectivity index (χ3v) is 5.66. The van der Waals surface area contributed by atoms with Crippen LogP contribution < -0.4 is 19.7 Å². The van der Waals surface area contributed by atoms with Crippen LogP contribution in [0, 0.1) is 0 Å². The number of hydrogen-bond donors (Lipinski definition) is 1. The predicted molar refractivity (Wildman–Crippen MR) is 122 cm³/mol. The van der Waals surface area contributed by atoms with Crippen molar-refractivity contribution in [2.75, 3.05) is 39.3 Å². The van der Waals surface area contributed by atoms with Crippen molar-refractivity contribution in [3.63, 3.8) is 0 Å². The summed E-state index contributed by atoms with van der Waals surface area (Å²) < 4.78 is 10.6. The summed E-state index contributed by atoms with van der Waals surface area (Å²) in [5.74, 6) is 1.15. The number of amides is 1. The lowest BCUT2D eigenvalue weighted by molar-refractivity contribution is 0.0949. The van der Waals surface area contributed by atoms with E-state index in [2.05, 4.69) is 34.4 Å². The number of aromatic nitrogens is 1. The van der Waals surface area contributed by atoms with E-state index in [0.717, 1.165) is 30.0 Å². The van der Waals surface area contributed by atoms with Crippen molar-refractivity contribution >= 4 is 22.9 Å². The number of nitrogens with zero attached hydrogens (tertiary/aromatic N) is 2. The maximum absolute atomic E-state index is 12.4. The molecule has 0 aliphatic heterocycles. The summed E-state index contributed by atoms with van der Waals surface area (Å²) in [6.45, 7) is 1.57. The smallest absolute Gasteiger partial charge is 0.270 e. The molecule has 1 N–H and O–H groups in total. The number of rotatable bonds is 10. The molecule has 0 bridgehead atoms. The Hall–Kier alpha value is -3.06. The minimum Gasteiger partial charge on any atom is -0.493 e. The number of hydrogen-bond acceptors (Lipinski definition) is 6. The second-order valence-electron chi connectivity index (χ2n) is 6.83. The number of ether oxygens (including phenoxy) is 2. The molecule has 2 aromatic carbocycles. The molecule has 158 valence electrons. The normalized spacial score (nSPS) is 10.5. The van der Waals surface area contributed by atoms with Crippen molar-refractivity contribution in [2.45, 2.75) is 12.8 Å².